The Morgan fingerprint density at radius 2 is 2.06 bits per heavy atom. The number of ether oxygens (including phenoxy) is 1. The van der Waals surface area contributed by atoms with Gasteiger partial charge in [0.25, 0.3) is 5.91 Å². The Morgan fingerprint density at radius 1 is 1.39 bits per heavy atom. The maximum atomic E-state index is 11.8. The minimum absolute atomic E-state index is 0.0992. The number of rotatable bonds is 5. The number of para-hydroxylation sites is 1. The van der Waals surface area contributed by atoms with Crippen LogP contribution in [0.5, 0.6) is 5.75 Å². The molecule has 4 heteroatoms. The fourth-order valence-electron chi connectivity index (χ4n) is 1.72. The molecular weight excluding hydrogens is 230 g/mol. The standard InChI is InChI=1S/C14H19NO3/c1-9(16)12-5-3-4-6-13(12)18-10(2)14(17)15-11-7-8-11/h3-6,9-11,16H,7-8H2,1-2H3,(H,15,17). The zero-order valence-electron chi connectivity index (χ0n) is 10.7. The molecule has 1 amide bonds. The smallest absolute Gasteiger partial charge is 0.260 e. The first-order valence-corrected chi connectivity index (χ1v) is 6.32. The normalized spacial score (nSPS) is 17.9. The molecule has 1 aliphatic rings. The molecule has 1 aliphatic carbocycles. The first kappa shape index (κ1) is 12.9. The van der Waals surface area contributed by atoms with Crippen molar-refractivity contribution in [2.45, 2.75) is 44.9 Å². The summed E-state index contributed by atoms with van der Waals surface area (Å²) in [5.41, 5.74) is 0.698. The maximum absolute atomic E-state index is 11.8. The SMILES string of the molecule is CC(Oc1ccccc1C(C)O)C(=O)NC1CC1. The lowest BCUT2D eigenvalue weighted by atomic mass is 10.1. The second-order valence-corrected chi connectivity index (χ2v) is 4.76. The Morgan fingerprint density at radius 3 is 2.67 bits per heavy atom. The number of nitrogens with one attached hydrogen (secondary N) is 1. The van der Waals surface area contributed by atoms with Gasteiger partial charge >= 0.3 is 0 Å². The summed E-state index contributed by atoms with van der Waals surface area (Å²) in [6.45, 7) is 3.40. The molecule has 2 N–H and O–H groups in total. The van der Waals surface area contributed by atoms with Gasteiger partial charge in [-0.3, -0.25) is 4.79 Å². The molecule has 2 atom stereocenters. The van der Waals surface area contributed by atoms with E-state index >= 15 is 0 Å². The van der Waals surface area contributed by atoms with Gasteiger partial charge in [-0.25, -0.2) is 0 Å². The van der Waals surface area contributed by atoms with Crippen LogP contribution in [0.3, 0.4) is 0 Å². The van der Waals surface area contributed by atoms with Crippen LogP contribution in [0.2, 0.25) is 0 Å². The van der Waals surface area contributed by atoms with Gasteiger partial charge in [0.1, 0.15) is 5.75 Å². The zero-order valence-corrected chi connectivity index (χ0v) is 10.7. The average Bonchev–Trinajstić information content (AvgIpc) is 3.13. The van der Waals surface area contributed by atoms with E-state index in [4.69, 9.17) is 4.74 Å². The minimum atomic E-state index is -0.611. The lowest BCUT2D eigenvalue weighted by molar-refractivity contribution is -0.127. The molecule has 18 heavy (non-hydrogen) atoms. The van der Waals surface area contributed by atoms with E-state index in [-0.39, 0.29) is 5.91 Å². The van der Waals surface area contributed by atoms with Crippen molar-refractivity contribution in [2.75, 3.05) is 0 Å². The fraction of sp³-hybridized carbons (Fsp3) is 0.500. The molecule has 0 saturated heterocycles. The van der Waals surface area contributed by atoms with Crippen LogP contribution in [0.4, 0.5) is 0 Å². The van der Waals surface area contributed by atoms with Crippen molar-refractivity contribution in [3.8, 4) is 5.75 Å². The molecular formula is C14H19NO3. The summed E-state index contributed by atoms with van der Waals surface area (Å²) in [7, 11) is 0. The topological polar surface area (TPSA) is 58.6 Å². The molecule has 4 nitrogen and oxygen atoms in total. The molecule has 98 valence electrons. The van der Waals surface area contributed by atoms with E-state index in [0.717, 1.165) is 12.8 Å². The van der Waals surface area contributed by atoms with Crippen molar-refractivity contribution in [1.29, 1.82) is 0 Å². The first-order chi connectivity index (χ1) is 8.58. The molecule has 1 aromatic carbocycles. The van der Waals surface area contributed by atoms with E-state index in [1.807, 2.05) is 12.1 Å². The van der Waals surface area contributed by atoms with E-state index in [1.165, 1.54) is 0 Å². The summed E-state index contributed by atoms with van der Waals surface area (Å²) < 4.78 is 5.63. The van der Waals surface area contributed by atoms with E-state index in [0.29, 0.717) is 17.4 Å². The Balaban J connectivity index is 2.01. The van der Waals surface area contributed by atoms with Crippen molar-refractivity contribution in [2.24, 2.45) is 0 Å². The monoisotopic (exact) mass is 249 g/mol. The second kappa shape index (κ2) is 5.40. The predicted molar refractivity (Wildman–Crippen MR) is 68.3 cm³/mol. The van der Waals surface area contributed by atoms with Gasteiger partial charge in [-0.05, 0) is 32.8 Å². The fourth-order valence-corrected chi connectivity index (χ4v) is 1.72. The lowest BCUT2D eigenvalue weighted by Gasteiger charge is -2.18. The van der Waals surface area contributed by atoms with Gasteiger partial charge in [-0.1, -0.05) is 18.2 Å². The summed E-state index contributed by atoms with van der Waals surface area (Å²) in [4.78, 5) is 11.8. The van der Waals surface area contributed by atoms with Crippen molar-refractivity contribution in [1.82, 2.24) is 5.32 Å². The van der Waals surface area contributed by atoms with Crippen LogP contribution in [0, 0.1) is 0 Å². The summed E-state index contributed by atoms with van der Waals surface area (Å²) in [6.07, 6.45) is 0.955. The lowest BCUT2D eigenvalue weighted by Crippen LogP contribution is -2.37. The van der Waals surface area contributed by atoms with Gasteiger partial charge in [0.15, 0.2) is 6.10 Å². The van der Waals surface area contributed by atoms with Crippen LogP contribution in [0.25, 0.3) is 0 Å². The zero-order chi connectivity index (χ0) is 13.1. The molecule has 2 unspecified atom stereocenters. The van der Waals surface area contributed by atoms with Crippen LogP contribution >= 0.6 is 0 Å². The highest BCUT2D eigenvalue weighted by Crippen LogP contribution is 2.25. The summed E-state index contributed by atoms with van der Waals surface area (Å²) in [5, 5.41) is 12.5. The summed E-state index contributed by atoms with van der Waals surface area (Å²) >= 11 is 0. The van der Waals surface area contributed by atoms with Crippen LogP contribution in [-0.2, 0) is 4.79 Å². The highest BCUT2D eigenvalue weighted by Gasteiger charge is 2.26. The molecule has 0 radical (unpaired) electrons. The number of amides is 1. The molecule has 1 aromatic rings. The third-order valence-corrected chi connectivity index (χ3v) is 2.97. The van der Waals surface area contributed by atoms with E-state index in [1.54, 1.807) is 26.0 Å². The number of hydrogen-bond acceptors (Lipinski definition) is 3. The van der Waals surface area contributed by atoms with Gasteiger partial charge in [0, 0.05) is 11.6 Å². The highest BCUT2D eigenvalue weighted by molar-refractivity contribution is 5.81. The molecule has 0 aliphatic heterocycles. The number of carbonyl (C=O) groups is 1. The van der Waals surface area contributed by atoms with Crippen LogP contribution < -0.4 is 10.1 Å². The van der Waals surface area contributed by atoms with Gasteiger partial charge in [0.05, 0.1) is 6.10 Å². The Labute approximate surface area is 107 Å². The highest BCUT2D eigenvalue weighted by atomic mass is 16.5. The molecule has 2 rings (SSSR count). The Bertz CT molecular complexity index is 427. The third kappa shape index (κ3) is 3.23. The van der Waals surface area contributed by atoms with Gasteiger partial charge < -0.3 is 15.2 Å². The Hall–Kier alpha value is -1.55. The molecule has 1 fully saturated rings. The van der Waals surface area contributed by atoms with Crippen molar-refractivity contribution < 1.29 is 14.6 Å². The van der Waals surface area contributed by atoms with E-state index in [9.17, 15) is 9.90 Å². The van der Waals surface area contributed by atoms with Gasteiger partial charge in [0.2, 0.25) is 0 Å². The average molecular weight is 249 g/mol. The van der Waals surface area contributed by atoms with Crippen LogP contribution in [0.1, 0.15) is 38.4 Å². The number of carbonyl (C=O) groups excluding carboxylic acids is 1. The molecule has 0 spiro atoms. The number of aliphatic hydroxyl groups excluding tert-OH is 1. The van der Waals surface area contributed by atoms with E-state index < -0.39 is 12.2 Å². The molecule has 0 heterocycles. The van der Waals surface area contributed by atoms with Crippen LogP contribution in [-0.4, -0.2) is 23.2 Å². The number of benzene rings is 1. The van der Waals surface area contributed by atoms with Crippen molar-refractivity contribution >= 4 is 5.91 Å². The van der Waals surface area contributed by atoms with Crippen molar-refractivity contribution in [3.05, 3.63) is 29.8 Å². The molecule has 1 saturated carbocycles. The van der Waals surface area contributed by atoms with Crippen molar-refractivity contribution in [3.63, 3.8) is 0 Å². The third-order valence-electron chi connectivity index (χ3n) is 2.97. The maximum Gasteiger partial charge on any atom is 0.260 e. The first-order valence-electron chi connectivity index (χ1n) is 6.32. The quantitative estimate of drug-likeness (QED) is 0.836. The molecule has 0 bridgehead atoms. The Kier molecular flexibility index (Phi) is 3.87. The number of hydrogen-bond donors (Lipinski definition) is 2. The van der Waals surface area contributed by atoms with E-state index in [2.05, 4.69) is 5.32 Å². The predicted octanol–water partition coefficient (Wildman–Crippen LogP) is 1.79. The largest absolute Gasteiger partial charge is 0.481 e. The number of aliphatic hydroxyl groups is 1. The second-order valence-electron chi connectivity index (χ2n) is 4.76. The van der Waals surface area contributed by atoms with Gasteiger partial charge in [-0.2, -0.15) is 0 Å². The van der Waals surface area contributed by atoms with Crippen LogP contribution in [0.15, 0.2) is 24.3 Å². The molecule has 0 aromatic heterocycles. The summed E-state index contributed by atoms with van der Waals surface area (Å²) in [5.74, 6) is 0.462. The minimum Gasteiger partial charge on any atom is -0.481 e. The summed E-state index contributed by atoms with van der Waals surface area (Å²) in [6, 6.07) is 7.56. The van der Waals surface area contributed by atoms with Gasteiger partial charge in [-0.15, -0.1) is 0 Å².